The molecule has 1 N–H and O–H groups in total. The fraction of sp³-hybridized carbons (Fsp3) is 1.00. The number of ether oxygens (including phenoxy) is 2. The van der Waals surface area contributed by atoms with Gasteiger partial charge in [-0.05, 0) is 34.4 Å². The van der Waals surface area contributed by atoms with E-state index < -0.39 is 0 Å². The van der Waals surface area contributed by atoms with Crippen LogP contribution in [0.5, 0.6) is 0 Å². The van der Waals surface area contributed by atoms with Crippen molar-refractivity contribution in [2.75, 3.05) is 47.0 Å². The van der Waals surface area contributed by atoms with E-state index in [1.54, 1.807) is 7.11 Å². The highest BCUT2D eigenvalue weighted by Crippen LogP contribution is 2.14. The number of rotatable bonds is 10. The Balaban J connectivity index is 4.21. The van der Waals surface area contributed by atoms with E-state index in [2.05, 4.69) is 31.0 Å². The average molecular weight is 246 g/mol. The van der Waals surface area contributed by atoms with Crippen LogP contribution in [-0.2, 0) is 9.47 Å². The minimum atomic E-state index is -0.159. The third-order valence-corrected chi connectivity index (χ3v) is 3.36. The summed E-state index contributed by atoms with van der Waals surface area (Å²) in [5, 5.41) is 3.34. The number of nitrogens with one attached hydrogen (secondary N) is 1. The largest absolute Gasteiger partial charge is 0.380 e. The Morgan fingerprint density at radius 2 is 1.94 bits per heavy atom. The maximum absolute atomic E-state index is 5.54. The number of hydrogen-bond acceptors (Lipinski definition) is 4. The van der Waals surface area contributed by atoms with E-state index in [1.165, 1.54) is 0 Å². The van der Waals surface area contributed by atoms with E-state index in [1.807, 2.05) is 14.0 Å². The number of nitrogens with zero attached hydrogens (tertiary/aromatic N) is 1. The van der Waals surface area contributed by atoms with Crippen LogP contribution in [0, 0.1) is 0 Å². The van der Waals surface area contributed by atoms with Gasteiger partial charge in [0, 0.05) is 32.8 Å². The van der Waals surface area contributed by atoms with Gasteiger partial charge in [-0.25, -0.2) is 0 Å². The highest BCUT2D eigenvalue weighted by Gasteiger charge is 2.29. The van der Waals surface area contributed by atoms with E-state index in [0.717, 1.165) is 32.8 Å². The molecule has 104 valence electrons. The Morgan fingerprint density at radius 1 is 1.29 bits per heavy atom. The first-order chi connectivity index (χ1) is 8.01. The molecule has 17 heavy (non-hydrogen) atoms. The zero-order valence-corrected chi connectivity index (χ0v) is 12.4. The molecule has 0 spiro atoms. The van der Waals surface area contributed by atoms with Crippen molar-refractivity contribution in [3.05, 3.63) is 0 Å². The molecule has 0 aliphatic heterocycles. The van der Waals surface area contributed by atoms with Crippen LogP contribution in [0.15, 0.2) is 0 Å². The molecule has 0 radical (unpaired) electrons. The molecule has 0 bridgehead atoms. The Morgan fingerprint density at radius 3 is 2.35 bits per heavy atom. The molecule has 0 heterocycles. The van der Waals surface area contributed by atoms with Gasteiger partial charge in [-0.3, -0.25) is 4.90 Å². The van der Waals surface area contributed by atoms with Gasteiger partial charge in [-0.15, -0.1) is 0 Å². The first kappa shape index (κ1) is 16.8. The number of likely N-dealkylation sites (N-methyl/N-ethyl adjacent to an activating group) is 2. The highest BCUT2D eigenvalue weighted by molar-refractivity contribution is 4.86. The molecule has 4 nitrogen and oxygen atoms in total. The molecule has 1 atom stereocenters. The van der Waals surface area contributed by atoms with Crippen molar-refractivity contribution in [1.29, 1.82) is 0 Å². The van der Waals surface area contributed by atoms with Gasteiger partial charge < -0.3 is 14.8 Å². The topological polar surface area (TPSA) is 33.7 Å². The number of methoxy groups -OCH3 is 1. The molecule has 0 saturated heterocycles. The molecule has 0 fully saturated rings. The van der Waals surface area contributed by atoms with Crippen LogP contribution >= 0.6 is 0 Å². The first-order valence-corrected chi connectivity index (χ1v) is 6.54. The van der Waals surface area contributed by atoms with Crippen molar-refractivity contribution in [2.45, 2.75) is 39.3 Å². The summed E-state index contributed by atoms with van der Waals surface area (Å²) in [6, 6.07) is 0.314. The van der Waals surface area contributed by atoms with Crippen molar-refractivity contribution in [1.82, 2.24) is 10.2 Å². The minimum Gasteiger partial charge on any atom is -0.380 e. The third kappa shape index (κ3) is 6.36. The van der Waals surface area contributed by atoms with Gasteiger partial charge in [0.05, 0.1) is 12.2 Å². The summed E-state index contributed by atoms with van der Waals surface area (Å²) in [5.41, 5.74) is -0.159. The van der Waals surface area contributed by atoms with Crippen molar-refractivity contribution in [3.8, 4) is 0 Å². The second kappa shape index (κ2) is 8.86. The van der Waals surface area contributed by atoms with Crippen LogP contribution < -0.4 is 5.32 Å². The normalized spacial score (nSPS) is 14.3. The second-order valence-electron chi connectivity index (χ2n) is 4.74. The Labute approximate surface area is 107 Å². The molecular weight excluding hydrogens is 216 g/mol. The van der Waals surface area contributed by atoms with Gasteiger partial charge in [0.2, 0.25) is 0 Å². The van der Waals surface area contributed by atoms with Crippen LogP contribution in [0.4, 0.5) is 0 Å². The van der Waals surface area contributed by atoms with Crippen LogP contribution in [0.3, 0.4) is 0 Å². The smallest absolute Gasteiger partial charge is 0.0787 e. The summed E-state index contributed by atoms with van der Waals surface area (Å²) in [6.45, 7) is 13.0. The maximum Gasteiger partial charge on any atom is 0.0787 e. The summed E-state index contributed by atoms with van der Waals surface area (Å²) < 4.78 is 10.9. The van der Waals surface area contributed by atoms with Crippen LogP contribution in [0.2, 0.25) is 0 Å². The fourth-order valence-corrected chi connectivity index (χ4v) is 1.78. The highest BCUT2D eigenvalue weighted by atomic mass is 16.5. The standard InChI is InChI=1S/C13H30N2O2/c1-7-15(9-10-17-8-2)11-12(14-5)13(3,4)16-6/h12,14H,7-11H2,1-6H3. The summed E-state index contributed by atoms with van der Waals surface area (Å²) in [5.74, 6) is 0. The molecule has 0 aromatic carbocycles. The molecule has 0 aromatic rings. The van der Waals surface area contributed by atoms with E-state index in [-0.39, 0.29) is 5.60 Å². The van der Waals surface area contributed by atoms with Gasteiger partial charge in [0.1, 0.15) is 0 Å². The van der Waals surface area contributed by atoms with Crippen LogP contribution in [0.25, 0.3) is 0 Å². The van der Waals surface area contributed by atoms with Gasteiger partial charge in [-0.2, -0.15) is 0 Å². The lowest BCUT2D eigenvalue weighted by Gasteiger charge is -2.36. The molecule has 4 heteroatoms. The molecule has 0 rings (SSSR count). The molecular formula is C13H30N2O2. The summed E-state index contributed by atoms with van der Waals surface area (Å²) in [7, 11) is 3.75. The Hall–Kier alpha value is -0.160. The van der Waals surface area contributed by atoms with Gasteiger partial charge >= 0.3 is 0 Å². The van der Waals surface area contributed by atoms with Crippen molar-refractivity contribution in [2.24, 2.45) is 0 Å². The summed E-state index contributed by atoms with van der Waals surface area (Å²) in [6.07, 6.45) is 0. The van der Waals surface area contributed by atoms with Gasteiger partial charge in [0.15, 0.2) is 0 Å². The summed E-state index contributed by atoms with van der Waals surface area (Å²) >= 11 is 0. The Kier molecular flexibility index (Phi) is 8.78. The zero-order chi connectivity index (χ0) is 13.3. The lowest BCUT2D eigenvalue weighted by atomic mass is 9.98. The van der Waals surface area contributed by atoms with Gasteiger partial charge in [-0.1, -0.05) is 6.92 Å². The predicted molar refractivity (Wildman–Crippen MR) is 72.5 cm³/mol. The average Bonchev–Trinajstić information content (AvgIpc) is 2.33. The lowest BCUT2D eigenvalue weighted by Crippen LogP contribution is -2.53. The molecule has 0 amide bonds. The summed E-state index contributed by atoms with van der Waals surface area (Å²) in [4.78, 5) is 2.39. The minimum absolute atomic E-state index is 0.159. The first-order valence-electron chi connectivity index (χ1n) is 6.54. The van der Waals surface area contributed by atoms with Crippen molar-refractivity contribution < 1.29 is 9.47 Å². The molecule has 0 aliphatic rings. The predicted octanol–water partition coefficient (Wildman–Crippen LogP) is 1.36. The lowest BCUT2D eigenvalue weighted by molar-refractivity contribution is -0.0194. The molecule has 1 unspecified atom stereocenters. The van der Waals surface area contributed by atoms with Gasteiger partial charge in [0.25, 0.3) is 0 Å². The maximum atomic E-state index is 5.54. The Bertz CT molecular complexity index is 186. The molecule has 0 aromatic heterocycles. The van der Waals surface area contributed by atoms with Crippen LogP contribution in [0.1, 0.15) is 27.7 Å². The van der Waals surface area contributed by atoms with Crippen molar-refractivity contribution in [3.63, 3.8) is 0 Å². The van der Waals surface area contributed by atoms with E-state index in [9.17, 15) is 0 Å². The van der Waals surface area contributed by atoms with E-state index in [4.69, 9.17) is 9.47 Å². The van der Waals surface area contributed by atoms with Crippen molar-refractivity contribution >= 4 is 0 Å². The number of hydrogen-bond donors (Lipinski definition) is 1. The van der Waals surface area contributed by atoms with E-state index >= 15 is 0 Å². The van der Waals surface area contributed by atoms with Crippen LogP contribution in [-0.4, -0.2) is 63.5 Å². The second-order valence-corrected chi connectivity index (χ2v) is 4.74. The zero-order valence-electron chi connectivity index (χ0n) is 12.4. The quantitative estimate of drug-likeness (QED) is 0.590. The third-order valence-electron chi connectivity index (χ3n) is 3.36. The SMILES string of the molecule is CCOCCN(CC)CC(NC)C(C)(C)OC. The fourth-order valence-electron chi connectivity index (χ4n) is 1.78. The molecule has 0 aliphatic carbocycles. The van der Waals surface area contributed by atoms with E-state index in [0.29, 0.717) is 6.04 Å². The molecule has 0 saturated carbocycles. The monoisotopic (exact) mass is 246 g/mol.